The second-order valence-electron chi connectivity index (χ2n) is 4.35. The first kappa shape index (κ1) is 15.0. The summed E-state index contributed by atoms with van der Waals surface area (Å²) in [5.74, 6) is -2.04. The highest BCUT2D eigenvalue weighted by atomic mass is 32.2. The fourth-order valence-corrected chi connectivity index (χ4v) is 3.15. The molecule has 1 heterocycles. The highest BCUT2D eigenvalue weighted by molar-refractivity contribution is 7.92. The summed E-state index contributed by atoms with van der Waals surface area (Å²) in [5.41, 5.74) is -0.0672. The van der Waals surface area contributed by atoms with Gasteiger partial charge in [-0.2, -0.15) is 5.10 Å². The number of carboxylic acid groups (broad SMARTS) is 1. The maximum absolute atomic E-state index is 13.0. The zero-order valence-corrected chi connectivity index (χ0v) is 12.0. The summed E-state index contributed by atoms with van der Waals surface area (Å²) in [6.45, 7) is 1.44. The van der Waals surface area contributed by atoms with Gasteiger partial charge in [-0.3, -0.25) is 9.40 Å². The number of halogens is 1. The van der Waals surface area contributed by atoms with Crippen LogP contribution < -0.4 is 4.72 Å². The SMILES string of the molecule is Cc1cc(F)ccc1S(=O)(=O)Nc1c(C(=O)O)cnn1C. The van der Waals surface area contributed by atoms with Crippen molar-refractivity contribution in [1.82, 2.24) is 9.78 Å². The number of nitrogens with zero attached hydrogens (tertiary/aromatic N) is 2. The van der Waals surface area contributed by atoms with Crippen molar-refractivity contribution < 1.29 is 22.7 Å². The number of hydrogen-bond donors (Lipinski definition) is 2. The number of aryl methyl sites for hydroxylation is 2. The van der Waals surface area contributed by atoms with Crippen molar-refractivity contribution in [1.29, 1.82) is 0 Å². The Hall–Kier alpha value is -2.42. The van der Waals surface area contributed by atoms with Crippen molar-refractivity contribution in [3.63, 3.8) is 0 Å². The highest BCUT2D eigenvalue weighted by Gasteiger charge is 2.23. The summed E-state index contributed by atoms with van der Waals surface area (Å²) in [7, 11) is -2.65. The first-order chi connectivity index (χ1) is 9.72. The second-order valence-corrected chi connectivity index (χ2v) is 6.00. The van der Waals surface area contributed by atoms with Gasteiger partial charge < -0.3 is 5.11 Å². The monoisotopic (exact) mass is 313 g/mol. The van der Waals surface area contributed by atoms with Crippen LogP contribution in [-0.4, -0.2) is 29.3 Å². The smallest absolute Gasteiger partial charge is 0.341 e. The minimum Gasteiger partial charge on any atom is -0.477 e. The lowest BCUT2D eigenvalue weighted by molar-refractivity contribution is 0.0698. The van der Waals surface area contributed by atoms with Crippen molar-refractivity contribution in [3.05, 3.63) is 41.3 Å². The largest absolute Gasteiger partial charge is 0.477 e. The summed E-state index contributed by atoms with van der Waals surface area (Å²) in [6, 6.07) is 3.21. The molecule has 0 bridgehead atoms. The van der Waals surface area contributed by atoms with E-state index in [9.17, 15) is 17.6 Å². The number of sulfonamides is 1. The van der Waals surface area contributed by atoms with Crippen LogP contribution in [0, 0.1) is 12.7 Å². The van der Waals surface area contributed by atoms with Crippen LogP contribution >= 0.6 is 0 Å². The predicted molar refractivity (Wildman–Crippen MR) is 72.1 cm³/mol. The van der Waals surface area contributed by atoms with Crippen molar-refractivity contribution in [2.24, 2.45) is 7.05 Å². The molecule has 2 rings (SSSR count). The van der Waals surface area contributed by atoms with Crippen LogP contribution in [0.15, 0.2) is 29.3 Å². The summed E-state index contributed by atoms with van der Waals surface area (Å²) < 4.78 is 40.9. The molecule has 0 saturated carbocycles. The van der Waals surface area contributed by atoms with Gasteiger partial charge >= 0.3 is 5.97 Å². The van der Waals surface area contributed by atoms with Gasteiger partial charge in [0.05, 0.1) is 11.1 Å². The zero-order valence-electron chi connectivity index (χ0n) is 11.2. The Morgan fingerprint density at radius 3 is 2.67 bits per heavy atom. The quantitative estimate of drug-likeness (QED) is 0.887. The van der Waals surface area contributed by atoms with Gasteiger partial charge in [0.25, 0.3) is 10.0 Å². The molecule has 0 aliphatic rings. The van der Waals surface area contributed by atoms with E-state index in [4.69, 9.17) is 5.11 Å². The van der Waals surface area contributed by atoms with E-state index in [2.05, 4.69) is 9.82 Å². The molecule has 112 valence electrons. The van der Waals surface area contributed by atoms with Crippen LogP contribution in [0.2, 0.25) is 0 Å². The first-order valence-electron chi connectivity index (χ1n) is 5.76. The Bertz CT molecular complexity index is 814. The minimum absolute atomic E-state index is 0.138. The molecular weight excluding hydrogens is 301 g/mol. The van der Waals surface area contributed by atoms with Gasteiger partial charge in [-0.25, -0.2) is 17.6 Å². The van der Waals surface area contributed by atoms with E-state index >= 15 is 0 Å². The molecule has 21 heavy (non-hydrogen) atoms. The van der Waals surface area contributed by atoms with E-state index in [1.165, 1.54) is 14.0 Å². The molecule has 2 aromatic rings. The molecular formula is C12H12FN3O4S. The molecule has 0 amide bonds. The Kier molecular flexibility index (Phi) is 3.69. The fraction of sp³-hybridized carbons (Fsp3) is 0.167. The van der Waals surface area contributed by atoms with E-state index in [1.807, 2.05) is 0 Å². The van der Waals surface area contributed by atoms with Crippen molar-refractivity contribution in [2.45, 2.75) is 11.8 Å². The van der Waals surface area contributed by atoms with Crippen LogP contribution in [0.3, 0.4) is 0 Å². The van der Waals surface area contributed by atoms with Gasteiger partial charge in [-0.05, 0) is 30.7 Å². The molecule has 0 radical (unpaired) electrons. The highest BCUT2D eigenvalue weighted by Crippen LogP contribution is 2.22. The molecule has 0 unspecified atom stereocenters. The lowest BCUT2D eigenvalue weighted by Crippen LogP contribution is -2.18. The number of nitrogens with one attached hydrogen (secondary N) is 1. The summed E-state index contributed by atoms with van der Waals surface area (Å²) in [6.07, 6.45) is 1.04. The minimum atomic E-state index is -4.05. The average Bonchev–Trinajstić information content (AvgIpc) is 2.70. The number of aromatic carboxylic acids is 1. The van der Waals surface area contributed by atoms with E-state index < -0.39 is 21.8 Å². The third-order valence-electron chi connectivity index (χ3n) is 2.83. The second kappa shape index (κ2) is 5.17. The topological polar surface area (TPSA) is 101 Å². The summed E-state index contributed by atoms with van der Waals surface area (Å²) in [5, 5.41) is 12.7. The van der Waals surface area contributed by atoms with Crippen molar-refractivity contribution in [3.8, 4) is 0 Å². The molecule has 0 saturated heterocycles. The Labute approximate surface area is 120 Å². The molecule has 0 aliphatic heterocycles. The van der Waals surface area contributed by atoms with E-state index in [0.29, 0.717) is 0 Å². The first-order valence-corrected chi connectivity index (χ1v) is 7.25. The van der Waals surface area contributed by atoms with Crippen LogP contribution in [-0.2, 0) is 17.1 Å². The number of hydrogen-bond acceptors (Lipinski definition) is 4. The molecule has 0 spiro atoms. The van der Waals surface area contributed by atoms with E-state index in [1.54, 1.807) is 0 Å². The molecule has 7 nitrogen and oxygen atoms in total. The maximum atomic E-state index is 13.0. The summed E-state index contributed by atoms with van der Waals surface area (Å²) >= 11 is 0. The standard InChI is InChI=1S/C12H12FN3O4S/c1-7-5-8(13)3-4-10(7)21(19,20)15-11-9(12(17)18)6-14-16(11)2/h3-6,15H,1-2H3,(H,17,18). The summed E-state index contributed by atoms with van der Waals surface area (Å²) in [4.78, 5) is 10.9. The van der Waals surface area contributed by atoms with E-state index in [-0.39, 0.29) is 21.8 Å². The fourth-order valence-electron chi connectivity index (χ4n) is 1.81. The lowest BCUT2D eigenvalue weighted by Gasteiger charge is -2.11. The van der Waals surface area contributed by atoms with Gasteiger partial charge in [0.1, 0.15) is 11.4 Å². The van der Waals surface area contributed by atoms with Gasteiger partial charge in [0.2, 0.25) is 0 Å². The number of carboxylic acids is 1. The van der Waals surface area contributed by atoms with Gasteiger partial charge in [0, 0.05) is 7.05 Å². The van der Waals surface area contributed by atoms with Gasteiger partial charge in [-0.15, -0.1) is 0 Å². The lowest BCUT2D eigenvalue weighted by atomic mass is 10.2. The van der Waals surface area contributed by atoms with Gasteiger partial charge in [-0.1, -0.05) is 0 Å². The Morgan fingerprint density at radius 2 is 2.10 bits per heavy atom. The molecule has 2 N–H and O–H groups in total. The van der Waals surface area contributed by atoms with Crippen LogP contribution in [0.25, 0.3) is 0 Å². The zero-order chi connectivity index (χ0) is 15.8. The van der Waals surface area contributed by atoms with Crippen LogP contribution in [0.4, 0.5) is 10.2 Å². The van der Waals surface area contributed by atoms with Crippen molar-refractivity contribution >= 4 is 21.8 Å². The Balaban J connectivity index is 2.47. The Morgan fingerprint density at radius 1 is 1.43 bits per heavy atom. The van der Waals surface area contributed by atoms with Crippen molar-refractivity contribution in [2.75, 3.05) is 4.72 Å². The molecule has 0 fully saturated rings. The third-order valence-corrected chi connectivity index (χ3v) is 4.33. The van der Waals surface area contributed by atoms with Crippen LogP contribution in [0.1, 0.15) is 15.9 Å². The molecule has 0 atom stereocenters. The average molecular weight is 313 g/mol. The number of benzene rings is 1. The molecule has 0 aliphatic carbocycles. The predicted octanol–water partition coefficient (Wildman–Crippen LogP) is 1.37. The van der Waals surface area contributed by atoms with Gasteiger partial charge in [0.15, 0.2) is 5.82 Å². The number of carbonyl (C=O) groups is 1. The number of rotatable bonds is 4. The maximum Gasteiger partial charge on any atom is 0.341 e. The molecule has 1 aromatic heterocycles. The van der Waals surface area contributed by atoms with Crippen LogP contribution in [0.5, 0.6) is 0 Å². The molecule has 9 heteroatoms. The normalized spacial score (nSPS) is 11.4. The van der Waals surface area contributed by atoms with E-state index in [0.717, 1.165) is 29.1 Å². The third kappa shape index (κ3) is 2.87. The number of anilines is 1. The molecule has 1 aromatic carbocycles. The number of aromatic nitrogens is 2.